The lowest BCUT2D eigenvalue weighted by Gasteiger charge is -2.29. The molecule has 1 N–H and O–H groups in total. The van der Waals surface area contributed by atoms with Gasteiger partial charge in [-0.15, -0.1) is 0 Å². The van der Waals surface area contributed by atoms with Crippen LogP contribution in [-0.2, 0) is 14.3 Å². The van der Waals surface area contributed by atoms with Crippen molar-refractivity contribution < 1.29 is 14.3 Å². The number of carbonyl (C=O) groups is 2. The van der Waals surface area contributed by atoms with Gasteiger partial charge in [0.15, 0.2) is 0 Å². The van der Waals surface area contributed by atoms with Crippen molar-refractivity contribution in [3.63, 3.8) is 0 Å². The molecule has 5 nitrogen and oxygen atoms in total. The van der Waals surface area contributed by atoms with E-state index in [9.17, 15) is 9.59 Å². The van der Waals surface area contributed by atoms with Gasteiger partial charge < -0.3 is 4.74 Å². The van der Waals surface area contributed by atoms with E-state index in [0.29, 0.717) is 25.7 Å². The molecule has 5 heteroatoms. The predicted molar refractivity (Wildman–Crippen MR) is 59.8 cm³/mol. The van der Waals surface area contributed by atoms with Gasteiger partial charge in [0.1, 0.15) is 0 Å². The number of carbonyl (C=O) groups excluding carboxylic acids is 2. The summed E-state index contributed by atoms with van der Waals surface area (Å²) < 4.78 is 5.36. The van der Waals surface area contributed by atoms with Gasteiger partial charge in [0.05, 0.1) is 25.7 Å². The first kappa shape index (κ1) is 13.1. The van der Waals surface area contributed by atoms with Gasteiger partial charge in [-0.05, 0) is 12.8 Å². The van der Waals surface area contributed by atoms with Crippen molar-refractivity contribution >= 4 is 11.8 Å². The molecule has 0 aromatic carbocycles. The van der Waals surface area contributed by atoms with E-state index in [1.165, 1.54) is 4.90 Å². The molecule has 0 aliphatic carbocycles. The van der Waals surface area contributed by atoms with Crippen LogP contribution in [0, 0.1) is 5.92 Å². The molecule has 2 amide bonds. The molecule has 92 valence electrons. The van der Waals surface area contributed by atoms with Crippen LogP contribution in [0.3, 0.4) is 0 Å². The molecule has 0 spiro atoms. The molecule has 16 heavy (non-hydrogen) atoms. The fourth-order valence-corrected chi connectivity index (χ4v) is 1.49. The average molecular weight is 228 g/mol. The number of hydrogen-bond donors (Lipinski definition) is 1. The number of piperazine rings is 1. The smallest absolute Gasteiger partial charge is 0.246 e. The zero-order valence-electron chi connectivity index (χ0n) is 10.2. The summed E-state index contributed by atoms with van der Waals surface area (Å²) in [6.07, 6.45) is 0. The van der Waals surface area contributed by atoms with Crippen LogP contribution in [0.2, 0.25) is 0 Å². The van der Waals surface area contributed by atoms with Crippen LogP contribution in [0.15, 0.2) is 0 Å². The number of imide groups is 1. The van der Waals surface area contributed by atoms with Crippen molar-refractivity contribution in [3.05, 3.63) is 0 Å². The number of hydrogen-bond acceptors (Lipinski definition) is 4. The Morgan fingerprint density at radius 3 is 2.81 bits per heavy atom. The zero-order chi connectivity index (χ0) is 12.1. The number of rotatable bonds is 5. The number of ether oxygens (including phenoxy) is 1. The summed E-state index contributed by atoms with van der Waals surface area (Å²) in [6.45, 7) is 7.54. The molecule has 1 atom stereocenters. The Morgan fingerprint density at radius 2 is 2.19 bits per heavy atom. The maximum absolute atomic E-state index is 11.7. The maximum atomic E-state index is 11.7. The highest BCUT2D eigenvalue weighted by Crippen LogP contribution is 2.02. The maximum Gasteiger partial charge on any atom is 0.246 e. The van der Waals surface area contributed by atoms with Gasteiger partial charge in [0, 0.05) is 6.61 Å². The standard InChI is InChI=1S/C11H20N2O3/c1-8(2)7-16-5-4-13-10(14)6-12-9(3)11(13)15/h8-9,12H,4-7H2,1-3H3. The van der Waals surface area contributed by atoms with Crippen LogP contribution in [-0.4, -0.2) is 49.1 Å². The first-order valence-electron chi connectivity index (χ1n) is 5.67. The summed E-state index contributed by atoms with van der Waals surface area (Å²) in [5, 5.41) is 2.84. The van der Waals surface area contributed by atoms with Crippen LogP contribution in [0.25, 0.3) is 0 Å². The zero-order valence-corrected chi connectivity index (χ0v) is 10.2. The van der Waals surface area contributed by atoms with Gasteiger partial charge in [0.2, 0.25) is 11.8 Å². The molecule has 0 saturated carbocycles. The summed E-state index contributed by atoms with van der Waals surface area (Å²) in [4.78, 5) is 24.4. The Kier molecular flexibility index (Phi) is 4.89. The predicted octanol–water partition coefficient (Wildman–Crippen LogP) is 0.00590. The third-order valence-corrected chi connectivity index (χ3v) is 2.41. The van der Waals surface area contributed by atoms with E-state index in [0.717, 1.165) is 0 Å². The monoisotopic (exact) mass is 228 g/mol. The van der Waals surface area contributed by atoms with Crippen molar-refractivity contribution in [2.75, 3.05) is 26.3 Å². The number of amides is 2. The molecule has 1 heterocycles. The SMILES string of the molecule is CC(C)COCCN1C(=O)CNC(C)C1=O. The van der Waals surface area contributed by atoms with Gasteiger partial charge in [0.25, 0.3) is 0 Å². The third-order valence-electron chi connectivity index (χ3n) is 2.41. The van der Waals surface area contributed by atoms with Crippen LogP contribution in [0.5, 0.6) is 0 Å². The van der Waals surface area contributed by atoms with E-state index in [1.807, 2.05) is 0 Å². The number of nitrogens with one attached hydrogen (secondary N) is 1. The van der Waals surface area contributed by atoms with E-state index in [2.05, 4.69) is 19.2 Å². The van der Waals surface area contributed by atoms with Gasteiger partial charge in [-0.2, -0.15) is 0 Å². The fourth-order valence-electron chi connectivity index (χ4n) is 1.49. The lowest BCUT2D eigenvalue weighted by molar-refractivity contribution is -0.149. The molecular weight excluding hydrogens is 208 g/mol. The largest absolute Gasteiger partial charge is 0.379 e. The summed E-state index contributed by atoms with van der Waals surface area (Å²) in [5.74, 6) is 0.133. The highest BCUT2D eigenvalue weighted by molar-refractivity contribution is 6.00. The second-order valence-corrected chi connectivity index (χ2v) is 4.45. The fraction of sp³-hybridized carbons (Fsp3) is 0.818. The minimum absolute atomic E-state index is 0.163. The lowest BCUT2D eigenvalue weighted by atomic mass is 10.2. The Morgan fingerprint density at radius 1 is 1.50 bits per heavy atom. The van der Waals surface area contributed by atoms with E-state index in [1.54, 1.807) is 6.92 Å². The molecular formula is C11H20N2O3. The summed E-state index contributed by atoms with van der Waals surface area (Å²) in [6, 6.07) is -0.275. The summed E-state index contributed by atoms with van der Waals surface area (Å²) in [7, 11) is 0. The van der Waals surface area contributed by atoms with E-state index >= 15 is 0 Å². The van der Waals surface area contributed by atoms with Gasteiger partial charge in [-0.3, -0.25) is 19.8 Å². The Hall–Kier alpha value is -0.940. The van der Waals surface area contributed by atoms with Crippen LogP contribution >= 0.6 is 0 Å². The van der Waals surface area contributed by atoms with Gasteiger partial charge in [-0.25, -0.2) is 0 Å². The summed E-state index contributed by atoms with van der Waals surface area (Å²) >= 11 is 0. The molecule has 1 unspecified atom stereocenters. The molecule has 1 fully saturated rings. The second kappa shape index (κ2) is 5.96. The second-order valence-electron chi connectivity index (χ2n) is 4.45. The van der Waals surface area contributed by atoms with Crippen molar-refractivity contribution in [1.82, 2.24) is 10.2 Å². The topological polar surface area (TPSA) is 58.6 Å². The van der Waals surface area contributed by atoms with Crippen LogP contribution in [0.4, 0.5) is 0 Å². The highest BCUT2D eigenvalue weighted by atomic mass is 16.5. The molecule has 0 aromatic heterocycles. The quantitative estimate of drug-likeness (QED) is 0.532. The minimum Gasteiger partial charge on any atom is -0.379 e. The van der Waals surface area contributed by atoms with Crippen molar-refractivity contribution in [3.8, 4) is 0 Å². The first-order valence-corrected chi connectivity index (χ1v) is 5.67. The molecule has 0 aromatic rings. The third kappa shape index (κ3) is 3.57. The Balaban J connectivity index is 2.33. The van der Waals surface area contributed by atoms with Crippen molar-refractivity contribution in [2.45, 2.75) is 26.8 Å². The van der Waals surface area contributed by atoms with Gasteiger partial charge >= 0.3 is 0 Å². The molecule has 0 bridgehead atoms. The molecule has 1 rings (SSSR count). The number of nitrogens with zero attached hydrogens (tertiary/aromatic N) is 1. The first-order chi connectivity index (χ1) is 7.52. The minimum atomic E-state index is -0.275. The van der Waals surface area contributed by atoms with Crippen molar-refractivity contribution in [2.24, 2.45) is 5.92 Å². The van der Waals surface area contributed by atoms with E-state index < -0.39 is 0 Å². The summed E-state index contributed by atoms with van der Waals surface area (Å²) in [5.41, 5.74) is 0. The molecule has 0 radical (unpaired) electrons. The Labute approximate surface area is 96.1 Å². The van der Waals surface area contributed by atoms with Crippen LogP contribution < -0.4 is 5.32 Å². The van der Waals surface area contributed by atoms with Crippen LogP contribution in [0.1, 0.15) is 20.8 Å². The highest BCUT2D eigenvalue weighted by Gasteiger charge is 2.30. The van der Waals surface area contributed by atoms with E-state index in [-0.39, 0.29) is 24.4 Å². The Bertz CT molecular complexity index is 266. The molecule has 1 saturated heterocycles. The molecule has 1 aliphatic rings. The molecule has 1 aliphatic heterocycles. The van der Waals surface area contributed by atoms with Crippen molar-refractivity contribution in [1.29, 1.82) is 0 Å². The van der Waals surface area contributed by atoms with Gasteiger partial charge in [-0.1, -0.05) is 13.8 Å². The average Bonchev–Trinajstić information content (AvgIpc) is 2.22. The normalized spacial score (nSPS) is 22.0. The van der Waals surface area contributed by atoms with E-state index in [4.69, 9.17) is 4.74 Å². The lowest BCUT2D eigenvalue weighted by Crippen LogP contribution is -2.57.